The van der Waals surface area contributed by atoms with Gasteiger partial charge >= 0.3 is 0 Å². The molecular formula is C23H24N6O2. The highest BCUT2D eigenvalue weighted by molar-refractivity contribution is 5.88. The topological polar surface area (TPSA) is 109 Å². The summed E-state index contributed by atoms with van der Waals surface area (Å²) in [6.45, 7) is 1.96. The number of pyridine rings is 1. The maximum absolute atomic E-state index is 9.36. The Bertz CT molecular complexity index is 1180. The van der Waals surface area contributed by atoms with Gasteiger partial charge in [0, 0.05) is 42.8 Å². The van der Waals surface area contributed by atoms with Crippen molar-refractivity contribution in [1.82, 2.24) is 14.8 Å². The molecule has 1 aliphatic rings. The lowest BCUT2D eigenvalue weighted by Gasteiger charge is -2.27. The van der Waals surface area contributed by atoms with Gasteiger partial charge in [-0.05, 0) is 37.8 Å². The van der Waals surface area contributed by atoms with E-state index in [-0.39, 0.29) is 6.10 Å². The Morgan fingerprint density at radius 3 is 2.87 bits per heavy atom. The van der Waals surface area contributed by atoms with Crippen LogP contribution in [-0.2, 0) is 13.5 Å². The quantitative estimate of drug-likeness (QED) is 0.583. The third-order valence-corrected chi connectivity index (χ3v) is 5.44. The largest absolute Gasteiger partial charge is 0.495 e. The van der Waals surface area contributed by atoms with Gasteiger partial charge in [-0.1, -0.05) is 0 Å². The second kappa shape index (κ2) is 8.48. The van der Waals surface area contributed by atoms with Crippen LogP contribution in [0.2, 0.25) is 0 Å². The highest BCUT2D eigenvalue weighted by Crippen LogP contribution is 2.39. The summed E-state index contributed by atoms with van der Waals surface area (Å²) in [7, 11) is 3.43. The van der Waals surface area contributed by atoms with Gasteiger partial charge in [0.25, 0.3) is 0 Å². The fourth-order valence-electron chi connectivity index (χ4n) is 3.96. The first-order valence-electron chi connectivity index (χ1n) is 10.1. The summed E-state index contributed by atoms with van der Waals surface area (Å²) < 4.78 is 13.7. The average Bonchev–Trinajstić information content (AvgIpc) is 3.19. The predicted molar refractivity (Wildman–Crippen MR) is 117 cm³/mol. The van der Waals surface area contributed by atoms with Crippen LogP contribution < -0.4 is 14.8 Å². The molecule has 4 rings (SSSR count). The number of nitrogens with one attached hydrogen (secondary N) is 2. The molecule has 1 aliphatic carbocycles. The third-order valence-electron chi connectivity index (χ3n) is 5.44. The minimum Gasteiger partial charge on any atom is -0.495 e. The summed E-state index contributed by atoms with van der Waals surface area (Å²) in [4.78, 5) is 4.54. The van der Waals surface area contributed by atoms with Crippen molar-refractivity contribution in [3.63, 3.8) is 0 Å². The number of nitrogens with zero attached hydrogens (tertiary/aromatic N) is 4. The zero-order chi connectivity index (χ0) is 22.0. The summed E-state index contributed by atoms with van der Waals surface area (Å²) in [5.74, 6) is 1.32. The van der Waals surface area contributed by atoms with E-state index in [1.807, 2.05) is 32.3 Å². The van der Waals surface area contributed by atoms with Crippen LogP contribution in [0.3, 0.4) is 0 Å². The lowest BCUT2D eigenvalue weighted by Crippen LogP contribution is -2.19. The first kappa shape index (κ1) is 20.4. The Morgan fingerprint density at radius 2 is 2.19 bits per heavy atom. The molecule has 1 atom stereocenters. The van der Waals surface area contributed by atoms with E-state index >= 15 is 0 Å². The van der Waals surface area contributed by atoms with E-state index in [0.29, 0.717) is 11.3 Å². The Morgan fingerprint density at radius 1 is 1.35 bits per heavy atom. The van der Waals surface area contributed by atoms with Gasteiger partial charge in [0.1, 0.15) is 29.2 Å². The summed E-state index contributed by atoms with van der Waals surface area (Å²) in [6, 6.07) is 5.99. The van der Waals surface area contributed by atoms with E-state index in [1.165, 1.54) is 6.21 Å². The maximum Gasteiger partial charge on any atom is 0.143 e. The molecule has 0 saturated carbocycles. The minimum absolute atomic E-state index is 0.235. The molecule has 0 amide bonds. The molecule has 0 fully saturated rings. The van der Waals surface area contributed by atoms with Crippen LogP contribution in [0.25, 0.3) is 0 Å². The number of methoxy groups -OCH3 is 1. The van der Waals surface area contributed by atoms with Crippen LogP contribution in [0.4, 0.5) is 11.4 Å². The molecule has 2 heterocycles. The Balaban J connectivity index is 1.68. The van der Waals surface area contributed by atoms with Gasteiger partial charge in [0.2, 0.25) is 0 Å². The molecule has 1 aromatic carbocycles. The number of nitriles is 1. The van der Waals surface area contributed by atoms with Crippen LogP contribution in [0.15, 0.2) is 30.7 Å². The normalized spacial score (nSPS) is 15.0. The van der Waals surface area contributed by atoms with Crippen molar-refractivity contribution in [3.05, 3.63) is 58.7 Å². The first-order chi connectivity index (χ1) is 15.0. The van der Waals surface area contributed by atoms with Crippen LogP contribution in [0.5, 0.6) is 11.5 Å². The second-order valence-electron chi connectivity index (χ2n) is 7.56. The van der Waals surface area contributed by atoms with E-state index in [4.69, 9.17) is 14.9 Å². The number of anilines is 2. The molecule has 3 aromatic rings. The van der Waals surface area contributed by atoms with Gasteiger partial charge < -0.3 is 20.2 Å². The SMILES string of the molecule is COc1c(C#N)cnc2c1CCC[C@@H]2Oc1cc(Nc2cnn(C)c2)c(C=N)cc1C. The Kier molecular flexibility index (Phi) is 5.58. The average molecular weight is 416 g/mol. The number of ether oxygens (including phenoxy) is 2. The molecule has 8 heteroatoms. The molecule has 2 aromatic heterocycles. The summed E-state index contributed by atoms with van der Waals surface area (Å²) in [5, 5.41) is 24.6. The van der Waals surface area contributed by atoms with E-state index in [0.717, 1.165) is 58.8 Å². The zero-order valence-corrected chi connectivity index (χ0v) is 17.8. The summed E-state index contributed by atoms with van der Waals surface area (Å²) in [6.07, 6.45) is 8.79. The van der Waals surface area contributed by atoms with Crippen molar-refractivity contribution in [2.45, 2.75) is 32.3 Å². The van der Waals surface area contributed by atoms with Crippen molar-refractivity contribution >= 4 is 17.6 Å². The molecule has 0 saturated heterocycles. The van der Waals surface area contributed by atoms with Gasteiger partial charge in [0.15, 0.2) is 0 Å². The number of rotatable bonds is 6. The molecule has 8 nitrogen and oxygen atoms in total. The van der Waals surface area contributed by atoms with Crippen molar-refractivity contribution in [3.8, 4) is 17.6 Å². The number of aromatic nitrogens is 3. The second-order valence-corrected chi connectivity index (χ2v) is 7.56. The first-order valence-corrected chi connectivity index (χ1v) is 10.1. The van der Waals surface area contributed by atoms with Crippen LogP contribution >= 0.6 is 0 Å². The smallest absolute Gasteiger partial charge is 0.143 e. The van der Waals surface area contributed by atoms with Gasteiger partial charge in [-0.25, -0.2) is 0 Å². The number of fused-ring (bicyclic) bond motifs is 1. The fraction of sp³-hybridized carbons (Fsp3) is 0.304. The fourth-order valence-corrected chi connectivity index (χ4v) is 3.96. The minimum atomic E-state index is -0.235. The molecule has 158 valence electrons. The predicted octanol–water partition coefficient (Wildman–Crippen LogP) is 4.20. The van der Waals surface area contributed by atoms with Crippen molar-refractivity contribution < 1.29 is 9.47 Å². The van der Waals surface area contributed by atoms with Crippen molar-refractivity contribution in [2.75, 3.05) is 12.4 Å². The van der Waals surface area contributed by atoms with Gasteiger partial charge in [-0.15, -0.1) is 0 Å². The molecule has 2 N–H and O–H groups in total. The molecule has 0 radical (unpaired) electrons. The number of hydrogen-bond donors (Lipinski definition) is 2. The van der Waals surface area contributed by atoms with E-state index < -0.39 is 0 Å². The van der Waals surface area contributed by atoms with E-state index in [2.05, 4.69) is 21.5 Å². The lowest BCUT2D eigenvalue weighted by atomic mass is 9.91. The molecule has 0 spiro atoms. The molecule has 0 bridgehead atoms. The number of benzene rings is 1. The van der Waals surface area contributed by atoms with Gasteiger partial charge in [-0.3, -0.25) is 9.67 Å². The third kappa shape index (κ3) is 3.94. The Labute approximate surface area is 181 Å². The van der Waals surface area contributed by atoms with Crippen molar-refractivity contribution in [1.29, 1.82) is 10.7 Å². The lowest BCUT2D eigenvalue weighted by molar-refractivity contribution is 0.176. The van der Waals surface area contributed by atoms with Crippen LogP contribution in [0, 0.1) is 23.7 Å². The standard InChI is InChI=1S/C23H24N6O2/c1-14-7-15(9-24)19(28-17-12-27-29(2)13-17)8-21(14)31-20-6-4-5-18-22(20)26-11-16(10-25)23(18)30-3/h7-9,11-13,20,24,28H,4-6H2,1-3H3/t20-/m0/s1. The monoisotopic (exact) mass is 416 g/mol. The number of aryl methyl sites for hydroxylation is 2. The molecule has 31 heavy (non-hydrogen) atoms. The van der Waals surface area contributed by atoms with E-state index in [9.17, 15) is 5.26 Å². The Hall–Kier alpha value is -3.86. The molecule has 0 aliphatic heterocycles. The number of hydrogen-bond acceptors (Lipinski definition) is 7. The van der Waals surface area contributed by atoms with Crippen LogP contribution in [0.1, 0.15) is 46.9 Å². The summed E-state index contributed by atoms with van der Waals surface area (Å²) >= 11 is 0. The maximum atomic E-state index is 9.36. The van der Waals surface area contributed by atoms with E-state index in [1.54, 1.807) is 24.2 Å². The molecule has 0 unspecified atom stereocenters. The van der Waals surface area contributed by atoms with Gasteiger partial charge in [-0.2, -0.15) is 10.4 Å². The van der Waals surface area contributed by atoms with Gasteiger partial charge in [0.05, 0.1) is 30.4 Å². The highest BCUT2D eigenvalue weighted by atomic mass is 16.5. The zero-order valence-electron chi connectivity index (χ0n) is 17.8. The van der Waals surface area contributed by atoms with Crippen molar-refractivity contribution in [2.24, 2.45) is 7.05 Å². The molecular weight excluding hydrogens is 392 g/mol. The summed E-state index contributed by atoms with van der Waals surface area (Å²) in [5.41, 5.74) is 5.50. The van der Waals surface area contributed by atoms with Crippen LogP contribution in [-0.4, -0.2) is 28.1 Å². The highest BCUT2D eigenvalue weighted by Gasteiger charge is 2.28.